The predicted molar refractivity (Wildman–Crippen MR) is 32.7 cm³/mol. The zero-order valence-corrected chi connectivity index (χ0v) is 5.92. The first-order valence-corrected chi connectivity index (χ1v) is 2.51. The van der Waals surface area contributed by atoms with Crippen molar-refractivity contribution >= 4 is 7.32 Å². The zero-order valence-electron chi connectivity index (χ0n) is 5.92. The molecule has 0 fully saturated rings. The lowest BCUT2D eigenvalue weighted by Gasteiger charge is -2.06. The average Bonchev–Trinajstić information content (AvgIpc) is 1.91. The van der Waals surface area contributed by atoms with Gasteiger partial charge in [-0.1, -0.05) is 0 Å². The van der Waals surface area contributed by atoms with Crippen LogP contribution in [0.3, 0.4) is 0 Å². The van der Waals surface area contributed by atoms with Gasteiger partial charge < -0.3 is 18.7 Å². The van der Waals surface area contributed by atoms with E-state index in [-0.39, 0.29) is 6.79 Å². The summed E-state index contributed by atoms with van der Waals surface area (Å²) in [5.74, 6) is 0. The highest BCUT2D eigenvalue weighted by Gasteiger charge is 2.15. The van der Waals surface area contributed by atoms with Crippen molar-refractivity contribution in [2.45, 2.75) is 0 Å². The Bertz CT molecular complexity index is 56.5. The lowest BCUT2D eigenvalue weighted by atomic mass is 10.2. The van der Waals surface area contributed by atoms with Crippen LogP contribution in [0, 0.1) is 0 Å². The molecule has 9 heavy (non-hydrogen) atoms. The summed E-state index contributed by atoms with van der Waals surface area (Å²) in [5.41, 5.74) is 0. The van der Waals surface area contributed by atoms with E-state index in [1.54, 1.807) is 0 Å². The molecule has 0 saturated heterocycles. The first kappa shape index (κ1) is 8.90. The molecule has 0 aromatic heterocycles. The van der Waals surface area contributed by atoms with E-state index < -0.39 is 7.32 Å². The van der Waals surface area contributed by atoms with Crippen LogP contribution < -0.4 is 0 Å². The molecule has 0 heterocycles. The Balaban J connectivity index is 3.09. The van der Waals surface area contributed by atoms with E-state index in [0.29, 0.717) is 0 Å². The molecule has 0 amide bonds. The minimum absolute atomic E-state index is 0.173. The number of methoxy groups -OCH3 is 1. The monoisotopic (exact) mass is 134 g/mol. The lowest BCUT2D eigenvalue weighted by Crippen LogP contribution is -2.24. The summed E-state index contributed by atoms with van der Waals surface area (Å²) in [6.45, 7) is 0.173. The van der Waals surface area contributed by atoms with E-state index in [2.05, 4.69) is 14.0 Å². The van der Waals surface area contributed by atoms with E-state index in [4.69, 9.17) is 4.65 Å². The maximum Gasteiger partial charge on any atom is 0.640 e. The van der Waals surface area contributed by atoms with Crippen LogP contribution in [0.25, 0.3) is 0 Å². The molecule has 0 radical (unpaired) electrons. The molecule has 0 rings (SSSR count). The molecule has 0 saturated carbocycles. The van der Waals surface area contributed by atoms with E-state index in [9.17, 15) is 0 Å². The lowest BCUT2D eigenvalue weighted by molar-refractivity contribution is 0.00656. The van der Waals surface area contributed by atoms with Crippen LogP contribution in [-0.2, 0) is 18.7 Å². The van der Waals surface area contributed by atoms with Crippen molar-refractivity contribution in [1.29, 1.82) is 0 Å². The summed E-state index contributed by atoms with van der Waals surface area (Å²) in [5, 5.41) is 0. The second-order valence-electron chi connectivity index (χ2n) is 1.33. The van der Waals surface area contributed by atoms with Crippen LogP contribution in [0.15, 0.2) is 0 Å². The third kappa shape index (κ3) is 4.41. The summed E-state index contributed by atoms with van der Waals surface area (Å²) in [7, 11) is 3.89. The molecule has 4 nitrogen and oxygen atoms in total. The van der Waals surface area contributed by atoms with Crippen molar-refractivity contribution in [3.8, 4) is 0 Å². The summed E-state index contributed by atoms with van der Waals surface area (Å²) < 4.78 is 18.8. The molecule has 54 valence electrons. The van der Waals surface area contributed by atoms with Gasteiger partial charge in [-0.15, -0.1) is 0 Å². The minimum atomic E-state index is -0.620. The average molecular weight is 134 g/mol. The van der Waals surface area contributed by atoms with Crippen molar-refractivity contribution < 1.29 is 18.7 Å². The molecule has 0 aliphatic carbocycles. The fourth-order valence-electron chi connectivity index (χ4n) is 0.356. The minimum Gasteiger partial charge on any atom is -0.389 e. The van der Waals surface area contributed by atoms with Crippen LogP contribution >= 0.6 is 0 Å². The topological polar surface area (TPSA) is 36.9 Å². The van der Waals surface area contributed by atoms with Crippen molar-refractivity contribution in [3.05, 3.63) is 0 Å². The highest BCUT2D eigenvalue weighted by Crippen LogP contribution is 1.86. The van der Waals surface area contributed by atoms with Gasteiger partial charge in [0.25, 0.3) is 0 Å². The van der Waals surface area contributed by atoms with Crippen LogP contribution in [-0.4, -0.2) is 35.4 Å². The van der Waals surface area contributed by atoms with Crippen LogP contribution in [0.2, 0.25) is 0 Å². The Labute approximate surface area is 55.2 Å². The maximum absolute atomic E-state index is 4.82. The summed E-state index contributed by atoms with van der Waals surface area (Å²) in [4.78, 5) is 0. The van der Waals surface area contributed by atoms with Gasteiger partial charge in [-0.25, -0.2) is 0 Å². The third-order valence-electron chi connectivity index (χ3n) is 0.707. The second kappa shape index (κ2) is 6.03. The Kier molecular flexibility index (Phi) is 5.97. The second-order valence-corrected chi connectivity index (χ2v) is 1.33. The Morgan fingerprint density at radius 2 is 1.67 bits per heavy atom. The van der Waals surface area contributed by atoms with Gasteiger partial charge in [-0.2, -0.15) is 0 Å². The smallest absolute Gasteiger partial charge is 0.389 e. The van der Waals surface area contributed by atoms with Crippen LogP contribution in [0.1, 0.15) is 0 Å². The molecule has 0 unspecified atom stereocenters. The van der Waals surface area contributed by atoms with Gasteiger partial charge in [0.1, 0.15) is 6.79 Å². The van der Waals surface area contributed by atoms with E-state index in [0.717, 1.165) is 0 Å². The third-order valence-corrected chi connectivity index (χ3v) is 0.707. The Hall–Kier alpha value is -0.0951. The number of hydrogen-bond donors (Lipinski definition) is 0. The molecular formula is C4H11BO4. The fourth-order valence-corrected chi connectivity index (χ4v) is 0.356. The number of rotatable bonds is 5. The predicted octanol–water partition coefficient (Wildman–Crippen LogP) is -0.115. The van der Waals surface area contributed by atoms with Gasteiger partial charge in [0, 0.05) is 21.3 Å². The van der Waals surface area contributed by atoms with Crippen LogP contribution in [0.5, 0.6) is 0 Å². The molecule has 0 atom stereocenters. The molecule has 0 spiro atoms. The van der Waals surface area contributed by atoms with Crippen molar-refractivity contribution in [2.24, 2.45) is 0 Å². The zero-order chi connectivity index (χ0) is 7.11. The molecule has 0 aliphatic rings. The highest BCUT2D eigenvalue weighted by molar-refractivity contribution is 6.36. The standard InChI is InChI=1S/C4H11BO4/c1-6-4-9-5(7-2)8-3/h4H2,1-3H3. The van der Waals surface area contributed by atoms with Gasteiger partial charge in [-0.05, 0) is 0 Å². The van der Waals surface area contributed by atoms with Gasteiger partial charge in [0.05, 0.1) is 0 Å². The van der Waals surface area contributed by atoms with Crippen molar-refractivity contribution in [3.63, 3.8) is 0 Å². The normalized spacial score (nSPS) is 9.67. The highest BCUT2D eigenvalue weighted by atomic mass is 16.8. The Morgan fingerprint density at radius 3 is 2.00 bits per heavy atom. The van der Waals surface area contributed by atoms with Gasteiger partial charge in [0.15, 0.2) is 0 Å². The van der Waals surface area contributed by atoms with Gasteiger partial charge >= 0.3 is 7.32 Å². The molecule has 5 heteroatoms. The van der Waals surface area contributed by atoms with Crippen molar-refractivity contribution in [2.75, 3.05) is 28.1 Å². The summed E-state index contributed by atoms with van der Waals surface area (Å²) in [6.07, 6.45) is 0. The van der Waals surface area contributed by atoms with E-state index in [1.165, 1.54) is 21.3 Å². The molecule has 0 aromatic rings. The SMILES string of the molecule is COCOB(OC)OC. The Morgan fingerprint density at radius 1 is 1.11 bits per heavy atom. The van der Waals surface area contributed by atoms with Gasteiger partial charge in [-0.3, -0.25) is 0 Å². The quantitative estimate of drug-likeness (QED) is 0.388. The number of ether oxygens (including phenoxy) is 1. The number of hydrogen-bond acceptors (Lipinski definition) is 4. The first-order chi connectivity index (χ1) is 4.35. The largest absolute Gasteiger partial charge is 0.640 e. The van der Waals surface area contributed by atoms with Crippen LogP contribution in [0.4, 0.5) is 0 Å². The summed E-state index contributed by atoms with van der Waals surface area (Å²) >= 11 is 0. The fraction of sp³-hybridized carbons (Fsp3) is 1.00. The van der Waals surface area contributed by atoms with E-state index in [1.807, 2.05) is 0 Å². The van der Waals surface area contributed by atoms with Crippen molar-refractivity contribution in [1.82, 2.24) is 0 Å². The summed E-state index contributed by atoms with van der Waals surface area (Å²) in [6, 6.07) is 0. The van der Waals surface area contributed by atoms with Gasteiger partial charge in [0.2, 0.25) is 0 Å². The van der Waals surface area contributed by atoms with E-state index >= 15 is 0 Å². The molecule has 0 N–H and O–H groups in total. The molecule has 0 bridgehead atoms. The molecular weight excluding hydrogens is 123 g/mol. The first-order valence-electron chi connectivity index (χ1n) is 2.51. The molecule has 0 aliphatic heterocycles. The molecule has 0 aromatic carbocycles. The maximum atomic E-state index is 4.82.